The summed E-state index contributed by atoms with van der Waals surface area (Å²) in [7, 11) is 4.33. The molecule has 25 heavy (non-hydrogen) atoms. The van der Waals surface area contributed by atoms with Crippen LogP contribution in [0.25, 0.3) is 0 Å². The van der Waals surface area contributed by atoms with Crippen LogP contribution in [0.15, 0.2) is 30.3 Å². The molecule has 0 aliphatic carbocycles. The largest absolute Gasteiger partial charge is 0.493 e. The van der Waals surface area contributed by atoms with Crippen molar-refractivity contribution >= 4 is 28.9 Å². The maximum Gasteiger partial charge on any atom is 0.283 e. The summed E-state index contributed by atoms with van der Waals surface area (Å²) in [5.41, 5.74) is -0.190. The van der Waals surface area contributed by atoms with E-state index in [4.69, 9.17) is 25.8 Å². The number of benzene rings is 2. The Labute approximate surface area is 148 Å². The van der Waals surface area contributed by atoms with Crippen LogP contribution in [-0.4, -0.2) is 32.2 Å². The van der Waals surface area contributed by atoms with E-state index in [-0.39, 0.29) is 10.6 Å². The topological polar surface area (TPSA) is 99.9 Å². The van der Waals surface area contributed by atoms with Gasteiger partial charge < -0.3 is 19.5 Å². The van der Waals surface area contributed by atoms with Crippen molar-refractivity contribution in [3.63, 3.8) is 0 Å². The molecule has 2 aromatic carbocycles. The number of amides is 1. The molecule has 0 aliphatic rings. The maximum atomic E-state index is 12.4. The number of carbonyl (C=O) groups excluding carboxylic acids is 1. The summed E-state index contributed by atoms with van der Waals surface area (Å²) in [6.45, 7) is 0. The zero-order chi connectivity index (χ0) is 18.6. The maximum absolute atomic E-state index is 12.4. The van der Waals surface area contributed by atoms with E-state index in [1.165, 1.54) is 45.6 Å². The molecule has 1 amide bonds. The Morgan fingerprint density at radius 1 is 1.08 bits per heavy atom. The van der Waals surface area contributed by atoms with E-state index in [0.29, 0.717) is 22.9 Å². The minimum atomic E-state index is -0.671. The Kier molecular flexibility index (Phi) is 5.66. The molecule has 0 fully saturated rings. The van der Waals surface area contributed by atoms with Gasteiger partial charge in [0.05, 0.1) is 26.3 Å². The Balaban J connectivity index is 2.40. The predicted molar refractivity (Wildman–Crippen MR) is 92.2 cm³/mol. The van der Waals surface area contributed by atoms with Gasteiger partial charge in [0, 0.05) is 28.9 Å². The lowest BCUT2D eigenvalue weighted by molar-refractivity contribution is -0.385. The van der Waals surface area contributed by atoms with Crippen molar-refractivity contribution in [3.05, 3.63) is 51.0 Å². The summed E-state index contributed by atoms with van der Waals surface area (Å²) < 4.78 is 15.6. The molecule has 0 heterocycles. The number of carbonyl (C=O) groups is 1. The Morgan fingerprint density at radius 2 is 1.68 bits per heavy atom. The van der Waals surface area contributed by atoms with Crippen LogP contribution in [0.1, 0.15) is 10.4 Å². The van der Waals surface area contributed by atoms with Crippen molar-refractivity contribution in [2.45, 2.75) is 0 Å². The predicted octanol–water partition coefficient (Wildman–Crippen LogP) is 3.53. The molecule has 0 saturated heterocycles. The molecule has 2 aromatic rings. The molecule has 2 rings (SSSR count). The molecule has 0 atom stereocenters. The zero-order valence-electron chi connectivity index (χ0n) is 13.7. The number of ether oxygens (including phenoxy) is 3. The van der Waals surface area contributed by atoms with Crippen molar-refractivity contribution in [3.8, 4) is 17.2 Å². The minimum absolute atomic E-state index is 0.122. The third-order valence-corrected chi connectivity index (χ3v) is 3.56. The van der Waals surface area contributed by atoms with Crippen molar-refractivity contribution < 1.29 is 23.9 Å². The summed E-state index contributed by atoms with van der Waals surface area (Å²) in [5, 5.41) is 13.9. The van der Waals surface area contributed by atoms with Gasteiger partial charge in [0.2, 0.25) is 5.75 Å². The van der Waals surface area contributed by atoms with E-state index in [2.05, 4.69) is 5.32 Å². The fraction of sp³-hybridized carbons (Fsp3) is 0.188. The summed E-state index contributed by atoms with van der Waals surface area (Å²) in [4.78, 5) is 22.9. The summed E-state index contributed by atoms with van der Waals surface area (Å²) in [5.74, 6) is 0.364. The monoisotopic (exact) mass is 366 g/mol. The average molecular weight is 367 g/mol. The van der Waals surface area contributed by atoms with Crippen LogP contribution in [0.5, 0.6) is 17.2 Å². The van der Waals surface area contributed by atoms with E-state index < -0.39 is 16.5 Å². The van der Waals surface area contributed by atoms with Crippen molar-refractivity contribution in [1.82, 2.24) is 0 Å². The first-order valence-electron chi connectivity index (χ1n) is 6.96. The molecule has 0 saturated carbocycles. The first kappa shape index (κ1) is 18.3. The molecule has 9 heteroatoms. The smallest absolute Gasteiger partial charge is 0.283 e. The van der Waals surface area contributed by atoms with Crippen LogP contribution in [0.3, 0.4) is 0 Å². The summed E-state index contributed by atoms with van der Waals surface area (Å²) >= 11 is 5.76. The van der Waals surface area contributed by atoms with Crippen molar-refractivity contribution in [2.75, 3.05) is 26.6 Å². The zero-order valence-corrected chi connectivity index (χ0v) is 14.4. The van der Waals surface area contributed by atoms with Gasteiger partial charge in [-0.15, -0.1) is 0 Å². The quantitative estimate of drug-likeness (QED) is 0.620. The Hall–Kier alpha value is -3.00. The number of nitrogens with zero attached hydrogens (tertiary/aromatic N) is 1. The molecule has 132 valence electrons. The molecule has 1 N–H and O–H groups in total. The standard InChI is InChI=1S/C16H15ClN2O6/c1-23-13-7-10(8-14(24-2)15(13)25-3)18-16(20)11-5-4-9(17)6-12(11)19(21)22/h4-8H,1-3H3,(H,18,20). The number of nitro benzene ring substituents is 1. The lowest BCUT2D eigenvalue weighted by Gasteiger charge is -2.14. The molecule has 0 unspecified atom stereocenters. The van der Waals surface area contributed by atoms with Gasteiger partial charge in [0.25, 0.3) is 11.6 Å². The van der Waals surface area contributed by atoms with E-state index in [1.807, 2.05) is 0 Å². The normalized spacial score (nSPS) is 10.1. The van der Waals surface area contributed by atoms with Gasteiger partial charge in [-0.2, -0.15) is 0 Å². The van der Waals surface area contributed by atoms with Gasteiger partial charge in [-0.05, 0) is 12.1 Å². The molecular formula is C16H15ClN2O6. The SMILES string of the molecule is COc1cc(NC(=O)c2ccc(Cl)cc2[N+](=O)[O-])cc(OC)c1OC. The molecule has 0 radical (unpaired) electrons. The third kappa shape index (κ3) is 3.92. The molecule has 0 aliphatic heterocycles. The second-order valence-electron chi connectivity index (χ2n) is 4.79. The van der Waals surface area contributed by atoms with E-state index >= 15 is 0 Å². The Bertz CT molecular complexity index is 799. The molecule has 0 aromatic heterocycles. The van der Waals surface area contributed by atoms with Gasteiger partial charge in [-0.3, -0.25) is 14.9 Å². The molecular weight excluding hydrogens is 352 g/mol. The van der Waals surface area contributed by atoms with Gasteiger partial charge in [0.1, 0.15) is 5.56 Å². The summed E-state index contributed by atoms with van der Waals surface area (Å²) in [6, 6.07) is 6.83. The minimum Gasteiger partial charge on any atom is -0.493 e. The van der Waals surface area contributed by atoms with Gasteiger partial charge in [-0.25, -0.2) is 0 Å². The van der Waals surface area contributed by atoms with E-state index in [0.717, 1.165) is 6.07 Å². The Morgan fingerprint density at radius 3 is 2.16 bits per heavy atom. The lowest BCUT2D eigenvalue weighted by Crippen LogP contribution is -2.14. The number of nitro groups is 1. The van der Waals surface area contributed by atoms with Crippen LogP contribution >= 0.6 is 11.6 Å². The molecule has 0 spiro atoms. The second-order valence-corrected chi connectivity index (χ2v) is 5.22. The number of rotatable bonds is 6. The second kappa shape index (κ2) is 7.71. The fourth-order valence-electron chi connectivity index (χ4n) is 2.20. The number of hydrogen-bond acceptors (Lipinski definition) is 6. The average Bonchev–Trinajstić information content (AvgIpc) is 2.60. The first-order valence-corrected chi connectivity index (χ1v) is 7.34. The highest BCUT2D eigenvalue weighted by atomic mass is 35.5. The van der Waals surface area contributed by atoms with Crippen molar-refractivity contribution in [1.29, 1.82) is 0 Å². The molecule has 0 bridgehead atoms. The highest BCUT2D eigenvalue weighted by Gasteiger charge is 2.22. The third-order valence-electron chi connectivity index (χ3n) is 3.32. The lowest BCUT2D eigenvalue weighted by atomic mass is 10.1. The van der Waals surface area contributed by atoms with E-state index in [1.54, 1.807) is 0 Å². The number of nitrogens with one attached hydrogen (secondary N) is 1. The number of halogens is 1. The highest BCUT2D eigenvalue weighted by Crippen LogP contribution is 2.40. The van der Waals surface area contributed by atoms with Crippen LogP contribution in [0.2, 0.25) is 5.02 Å². The highest BCUT2D eigenvalue weighted by molar-refractivity contribution is 6.31. The van der Waals surface area contributed by atoms with Crippen LogP contribution in [-0.2, 0) is 0 Å². The number of hydrogen-bond donors (Lipinski definition) is 1. The first-order chi connectivity index (χ1) is 11.9. The van der Waals surface area contributed by atoms with Crippen molar-refractivity contribution in [2.24, 2.45) is 0 Å². The van der Waals surface area contributed by atoms with Crippen LogP contribution in [0, 0.1) is 10.1 Å². The fourth-order valence-corrected chi connectivity index (χ4v) is 2.37. The number of anilines is 1. The van der Waals surface area contributed by atoms with Crippen LogP contribution in [0.4, 0.5) is 11.4 Å². The van der Waals surface area contributed by atoms with Gasteiger partial charge in [0.15, 0.2) is 11.5 Å². The van der Waals surface area contributed by atoms with Gasteiger partial charge >= 0.3 is 0 Å². The van der Waals surface area contributed by atoms with Gasteiger partial charge in [-0.1, -0.05) is 11.6 Å². The van der Waals surface area contributed by atoms with Crippen LogP contribution < -0.4 is 19.5 Å². The summed E-state index contributed by atoms with van der Waals surface area (Å²) in [6.07, 6.45) is 0. The number of methoxy groups -OCH3 is 3. The van der Waals surface area contributed by atoms with E-state index in [9.17, 15) is 14.9 Å². The molecule has 8 nitrogen and oxygen atoms in total.